The molecule has 4 rings (SSSR count). The van der Waals surface area contributed by atoms with Gasteiger partial charge in [0.2, 0.25) is 5.88 Å². The van der Waals surface area contributed by atoms with Gasteiger partial charge in [0, 0.05) is 34.4 Å². The Balaban J connectivity index is 2.13. The lowest BCUT2D eigenvalue weighted by Crippen LogP contribution is -1.95. The third-order valence-corrected chi connectivity index (χ3v) is 4.99. The SMILES string of the molecule is Cc1cc2nc(O)cc(-c3ccccc3Cl)c2c(C)c1-c1ccncc1. The highest BCUT2D eigenvalue weighted by atomic mass is 35.5. The highest BCUT2D eigenvalue weighted by Gasteiger charge is 2.17. The fraction of sp³-hybridized carbons (Fsp3) is 0.0909. The van der Waals surface area contributed by atoms with Crippen molar-refractivity contribution in [2.24, 2.45) is 0 Å². The fourth-order valence-electron chi connectivity index (χ4n) is 3.60. The van der Waals surface area contributed by atoms with Crippen LogP contribution in [-0.2, 0) is 0 Å². The van der Waals surface area contributed by atoms with E-state index in [1.807, 2.05) is 42.5 Å². The fourth-order valence-corrected chi connectivity index (χ4v) is 3.84. The van der Waals surface area contributed by atoms with E-state index in [0.29, 0.717) is 5.02 Å². The topological polar surface area (TPSA) is 46.0 Å². The Hall–Kier alpha value is -2.91. The van der Waals surface area contributed by atoms with Gasteiger partial charge in [0.1, 0.15) is 0 Å². The Kier molecular flexibility index (Phi) is 4.09. The second-order valence-corrected chi connectivity index (χ2v) is 6.74. The first-order valence-electron chi connectivity index (χ1n) is 8.35. The first-order chi connectivity index (χ1) is 12.6. The minimum Gasteiger partial charge on any atom is -0.493 e. The zero-order valence-electron chi connectivity index (χ0n) is 14.5. The lowest BCUT2D eigenvalue weighted by Gasteiger charge is -2.17. The van der Waals surface area contributed by atoms with Gasteiger partial charge >= 0.3 is 0 Å². The molecule has 0 saturated heterocycles. The molecule has 0 saturated carbocycles. The van der Waals surface area contributed by atoms with Crippen molar-refractivity contribution in [3.8, 4) is 28.1 Å². The first-order valence-corrected chi connectivity index (χ1v) is 8.73. The number of halogens is 1. The van der Waals surface area contributed by atoms with Crippen molar-refractivity contribution in [3.05, 3.63) is 77.1 Å². The highest BCUT2D eigenvalue weighted by molar-refractivity contribution is 6.33. The second-order valence-electron chi connectivity index (χ2n) is 6.33. The van der Waals surface area contributed by atoms with Gasteiger partial charge in [-0.2, -0.15) is 0 Å². The summed E-state index contributed by atoms with van der Waals surface area (Å²) < 4.78 is 0. The maximum Gasteiger partial charge on any atom is 0.211 e. The van der Waals surface area contributed by atoms with Crippen LogP contribution in [0.5, 0.6) is 5.88 Å². The molecule has 2 aromatic heterocycles. The van der Waals surface area contributed by atoms with Crippen LogP contribution in [0, 0.1) is 13.8 Å². The molecule has 0 radical (unpaired) electrons. The zero-order chi connectivity index (χ0) is 18.3. The van der Waals surface area contributed by atoms with E-state index in [-0.39, 0.29) is 5.88 Å². The van der Waals surface area contributed by atoms with E-state index >= 15 is 0 Å². The largest absolute Gasteiger partial charge is 0.493 e. The minimum absolute atomic E-state index is 0.0112. The van der Waals surface area contributed by atoms with E-state index in [0.717, 1.165) is 44.3 Å². The monoisotopic (exact) mass is 360 g/mol. The van der Waals surface area contributed by atoms with Crippen LogP contribution < -0.4 is 0 Å². The van der Waals surface area contributed by atoms with E-state index < -0.39 is 0 Å². The van der Waals surface area contributed by atoms with Gasteiger partial charge in [-0.15, -0.1) is 0 Å². The molecule has 128 valence electrons. The lowest BCUT2D eigenvalue weighted by atomic mass is 9.89. The summed E-state index contributed by atoms with van der Waals surface area (Å²) in [6.45, 7) is 4.15. The van der Waals surface area contributed by atoms with Crippen LogP contribution in [-0.4, -0.2) is 15.1 Å². The summed E-state index contributed by atoms with van der Waals surface area (Å²) in [5.74, 6) is -0.0112. The minimum atomic E-state index is -0.0112. The summed E-state index contributed by atoms with van der Waals surface area (Å²) in [5, 5.41) is 11.8. The van der Waals surface area contributed by atoms with Crippen molar-refractivity contribution in [2.45, 2.75) is 13.8 Å². The van der Waals surface area contributed by atoms with Gasteiger partial charge in [-0.1, -0.05) is 29.8 Å². The molecule has 1 N–H and O–H groups in total. The van der Waals surface area contributed by atoms with Crippen LogP contribution in [0.3, 0.4) is 0 Å². The third kappa shape index (κ3) is 2.71. The Labute approximate surface area is 156 Å². The van der Waals surface area contributed by atoms with Crippen LogP contribution in [0.2, 0.25) is 5.02 Å². The quantitative estimate of drug-likeness (QED) is 0.481. The Morgan fingerprint density at radius 1 is 0.923 bits per heavy atom. The molecular formula is C22H17ClN2O. The predicted octanol–water partition coefficient (Wildman–Crippen LogP) is 5.94. The predicted molar refractivity (Wildman–Crippen MR) is 107 cm³/mol. The van der Waals surface area contributed by atoms with Crippen molar-refractivity contribution >= 4 is 22.5 Å². The van der Waals surface area contributed by atoms with Gasteiger partial charge < -0.3 is 5.11 Å². The molecule has 0 atom stereocenters. The lowest BCUT2D eigenvalue weighted by molar-refractivity contribution is 0.456. The average molecular weight is 361 g/mol. The number of nitrogens with zero attached hydrogens (tertiary/aromatic N) is 2. The molecule has 4 aromatic rings. The van der Waals surface area contributed by atoms with E-state index in [2.05, 4.69) is 23.8 Å². The Morgan fingerprint density at radius 3 is 2.38 bits per heavy atom. The normalized spacial score (nSPS) is 11.0. The number of hydrogen-bond donors (Lipinski definition) is 1. The van der Waals surface area contributed by atoms with Crippen molar-refractivity contribution in [3.63, 3.8) is 0 Å². The number of hydrogen-bond acceptors (Lipinski definition) is 3. The summed E-state index contributed by atoms with van der Waals surface area (Å²) in [4.78, 5) is 8.47. The van der Waals surface area contributed by atoms with Gasteiger partial charge in [0.25, 0.3) is 0 Å². The molecule has 0 amide bonds. The van der Waals surface area contributed by atoms with Gasteiger partial charge in [0.15, 0.2) is 0 Å². The third-order valence-electron chi connectivity index (χ3n) is 4.66. The van der Waals surface area contributed by atoms with E-state index in [4.69, 9.17) is 11.6 Å². The van der Waals surface area contributed by atoms with Crippen molar-refractivity contribution in [1.82, 2.24) is 9.97 Å². The average Bonchev–Trinajstić information content (AvgIpc) is 2.62. The van der Waals surface area contributed by atoms with Crippen LogP contribution in [0.25, 0.3) is 33.2 Å². The Morgan fingerprint density at radius 2 is 1.65 bits per heavy atom. The summed E-state index contributed by atoms with van der Waals surface area (Å²) in [6.07, 6.45) is 3.59. The highest BCUT2D eigenvalue weighted by Crippen LogP contribution is 2.40. The van der Waals surface area contributed by atoms with Gasteiger partial charge in [0.05, 0.1) is 5.52 Å². The number of benzene rings is 2. The molecule has 0 unspecified atom stereocenters. The molecule has 2 heterocycles. The molecule has 0 spiro atoms. The van der Waals surface area contributed by atoms with Crippen molar-refractivity contribution in [2.75, 3.05) is 0 Å². The number of aromatic hydroxyl groups is 1. The standard InChI is InChI=1S/C22H17ClN2O/c1-13-11-19-22(14(2)21(13)15-7-9-24-10-8-15)17(12-20(26)25-19)16-5-3-4-6-18(16)23/h3-12H,1-2H3,(H,25,26). The van der Waals surface area contributed by atoms with Crippen LogP contribution in [0.1, 0.15) is 11.1 Å². The van der Waals surface area contributed by atoms with Gasteiger partial charge in [-0.3, -0.25) is 4.98 Å². The molecule has 3 nitrogen and oxygen atoms in total. The van der Waals surface area contributed by atoms with E-state index in [9.17, 15) is 5.11 Å². The second kappa shape index (κ2) is 6.43. The molecule has 4 heteroatoms. The Bertz CT molecular complexity index is 1120. The molecular weight excluding hydrogens is 344 g/mol. The molecule has 26 heavy (non-hydrogen) atoms. The number of fused-ring (bicyclic) bond motifs is 1. The molecule has 2 aromatic carbocycles. The molecule has 0 bridgehead atoms. The van der Waals surface area contributed by atoms with Crippen LogP contribution >= 0.6 is 11.6 Å². The summed E-state index contributed by atoms with van der Waals surface area (Å²) in [7, 11) is 0. The molecule has 0 fully saturated rings. The van der Waals surface area contributed by atoms with Gasteiger partial charge in [-0.25, -0.2) is 4.98 Å². The maximum atomic E-state index is 10.2. The van der Waals surface area contributed by atoms with Crippen LogP contribution in [0.4, 0.5) is 0 Å². The first kappa shape index (κ1) is 16.6. The van der Waals surface area contributed by atoms with E-state index in [1.54, 1.807) is 18.5 Å². The van der Waals surface area contributed by atoms with Gasteiger partial charge in [-0.05, 0) is 65.9 Å². The number of rotatable bonds is 2. The summed E-state index contributed by atoms with van der Waals surface area (Å²) in [5.41, 5.74) is 6.98. The zero-order valence-corrected chi connectivity index (χ0v) is 15.2. The number of aryl methyl sites for hydroxylation is 2. The summed E-state index contributed by atoms with van der Waals surface area (Å²) in [6, 6.07) is 15.4. The maximum absolute atomic E-state index is 10.2. The molecule has 0 aliphatic heterocycles. The van der Waals surface area contributed by atoms with Crippen molar-refractivity contribution < 1.29 is 5.11 Å². The van der Waals surface area contributed by atoms with Crippen molar-refractivity contribution in [1.29, 1.82) is 0 Å². The smallest absolute Gasteiger partial charge is 0.211 e. The summed E-state index contributed by atoms with van der Waals surface area (Å²) >= 11 is 6.44. The molecule has 0 aliphatic rings. The molecule has 0 aliphatic carbocycles. The number of aromatic nitrogens is 2. The van der Waals surface area contributed by atoms with Crippen LogP contribution in [0.15, 0.2) is 60.9 Å². The number of pyridine rings is 2. The van der Waals surface area contributed by atoms with E-state index in [1.165, 1.54) is 0 Å².